The Hall–Kier alpha value is -1.59. The first kappa shape index (κ1) is 23.1. The van der Waals surface area contributed by atoms with Crippen LogP contribution in [0.1, 0.15) is 65.7 Å². The highest BCUT2D eigenvalue weighted by Crippen LogP contribution is 2.36. The van der Waals surface area contributed by atoms with Gasteiger partial charge in [-0.25, -0.2) is 0 Å². The molecule has 0 aromatic heterocycles. The largest absolute Gasteiger partial charge is 0.494 e. The van der Waals surface area contributed by atoms with Crippen molar-refractivity contribution >= 4 is 11.6 Å². The molecule has 0 radical (unpaired) electrons. The number of carbonyl (C=O) groups excluding carboxylic acids is 1. The van der Waals surface area contributed by atoms with Crippen molar-refractivity contribution in [2.75, 3.05) is 38.2 Å². The molecule has 1 N–H and O–H groups in total. The van der Waals surface area contributed by atoms with Gasteiger partial charge in [0.15, 0.2) is 0 Å². The Morgan fingerprint density at radius 2 is 1.93 bits per heavy atom. The van der Waals surface area contributed by atoms with Gasteiger partial charge in [-0.3, -0.25) is 4.79 Å². The van der Waals surface area contributed by atoms with Crippen LogP contribution in [0.2, 0.25) is 0 Å². The number of piperidine rings is 1. The van der Waals surface area contributed by atoms with E-state index in [0.717, 1.165) is 56.2 Å². The van der Waals surface area contributed by atoms with Crippen LogP contribution in [0.15, 0.2) is 24.3 Å². The average molecular weight is 417 g/mol. The average Bonchev–Trinajstić information content (AvgIpc) is 2.73. The molecule has 0 unspecified atom stereocenters. The van der Waals surface area contributed by atoms with E-state index in [2.05, 4.69) is 24.1 Å². The van der Waals surface area contributed by atoms with E-state index in [0.29, 0.717) is 12.5 Å². The van der Waals surface area contributed by atoms with E-state index in [1.165, 1.54) is 32.4 Å². The van der Waals surface area contributed by atoms with Crippen LogP contribution in [0.5, 0.6) is 5.75 Å². The number of amides is 1. The summed E-state index contributed by atoms with van der Waals surface area (Å²) in [5.74, 6) is 2.17. The topological polar surface area (TPSA) is 50.8 Å². The van der Waals surface area contributed by atoms with Crippen molar-refractivity contribution in [3.05, 3.63) is 24.3 Å². The number of hydrogen-bond acceptors (Lipinski definition) is 4. The minimum Gasteiger partial charge on any atom is -0.494 e. The number of nitrogens with zero attached hydrogens (tertiary/aromatic N) is 1. The number of hydrogen-bond donors (Lipinski definition) is 1. The highest BCUT2D eigenvalue weighted by Gasteiger charge is 2.42. The fourth-order valence-corrected chi connectivity index (χ4v) is 5.03. The van der Waals surface area contributed by atoms with Gasteiger partial charge in [0.25, 0.3) is 5.91 Å². The van der Waals surface area contributed by atoms with Crippen LogP contribution in [0.4, 0.5) is 5.69 Å². The van der Waals surface area contributed by atoms with Crippen molar-refractivity contribution in [1.29, 1.82) is 0 Å². The first-order chi connectivity index (χ1) is 14.5. The maximum Gasteiger partial charge on any atom is 0.256 e. The summed E-state index contributed by atoms with van der Waals surface area (Å²) in [5, 5.41) is 3.07. The molecule has 5 nitrogen and oxygen atoms in total. The van der Waals surface area contributed by atoms with Gasteiger partial charge < -0.3 is 19.7 Å². The molecule has 2 fully saturated rings. The van der Waals surface area contributed by atoms with Gasteiger partial charge in [0, 0.05) is 25.4 Å². The predicted octanol–water partition coefficient (Wildman–Crippen LogP) is 5.11. The molecule has 1 aliphatic heterocycles. The van der Waals surface area contributed by atoms with Crippen LogP contribution >= 0.6 is 0 Å². The molecule has 3 atom stereocenters. The van der Waals surface area contributed by atoms with E-state index < -0.39 is 5.60 Å². The van der Waals surface area contributed by atoms with Gasteiger partial charge in [0.05, 0.1) is 6.61 Å². The molecule has 1 amide bonds. The van der Waals surface area contributed by atoms with E-state index in [-0.39, 0.29) is 5.91 Å². The van der Waals surface area contributed by atoms with Crippen molar-refractivity contribution in [2.45, 2.75) is 71.3 Å². The molecule has 1 saturated heterocycles. The zero-order valence-electron chi connectivity index (χ0n) is 19.1. The van der Waals surface area contributed by atoms with Gasteiger partial charge in [-0.2, -0.15) is 0 Å². The molecule has 1 aromatic carbocycles. The fourth-order valence-electron chi connectivity index (χ4n) is 5.03. The fraction of sp³-hybridized carbons (Fsp3) is 0.720. The Labute approximate surface area is 182 Å². The second-order valence-electron chi connectivity index (χ2n) is 9.36. The molecule has 0 bridgehead atoms. The lowest BCUT2D eigenvalue weighted by Gasteiger charge is -2.38. The second-order valence-corrected chi connectivity index (χ2v) is 9.36. The third-order valence-corrected chi connectivity index (χ3v) is 6.53. The van der Waals surface area contributed by atoms with E-state index in [1.54, 1.807) is 0 Å². The van der Waals surface area contributed by atoms with E-state index in [4.69, 9.17) is 9.47 Å². The minimum absolute atomic E-state index is 0.0136. The first-order valence-corrected chi connectivity index (χ1v) is 11.9. The van der Waals surface area contributed by atoms with Gasteiger partial charge in [-0.15, -0.1) is 0 Å². The van der Waals surface area contributed by atoms with Crippen molar-refractivity contribution in [2.24, 2.45) is 11.8 Å². The summed E-state index contributed by atoms with van der Waals surface area (Å²) >= 11 is 0. The van der Waals surface area contributed by atoms with E-state index in [9.17, 15) is 4.79 Å². The van der Waals surface area contributed by atoms with Gasteiger partial charge in [0.1, 0.15) is 11.4 Å². The Morgan fingerprint density at radius 3 is 2.63 bits per heavy atom. The van der Waals surface area contributed by atoms with Gasteiger partial charge in [0.2, 0.25) is 0 Å². The van der Waals surface area contributed by atoms with Crippen molar-refractivity contribution < 1.29 is 14.3 Å². The Bertz CT molecular complexity index is 659. The summed E-state index contributed by atoms with van der Waals surface area (Å²) in [5.41, 5.74) is 0.111. The van der Waals surface area contributed by atoms with Crippen LogP contribution in [-0.4, -0.2) is 49.3 Å². The SMILES string of the molecule is CCO[C@]1(C(=O)Nc2ccc(OCCCN3CCC[C@@H](C)C3)cc2)CCC[C@@H](C)C1. The summed E-state index contributed by atoms with van der Waals surface area (Å²) in [6.07, 6.45) is 7.53. The molecule has 1 aromatic rings. The van der Waals surface area contributed by atoms with Crippen LogP contribution in [0.25, 0.3) is 0 Å². The normalized spacial score (nSPS) is 27.6. The lowest BCUT2D eigenvalue weighted by atomic mass is 9.78. The number of rotatable bonds is 9. The molecule has 1 saturated carbocycles. The lowest BCUT2D eigenvalue weighted by molar-refractivity contribution is -0.147. The number of nitrogens with one attached hydrogen (secondary N) is 1. The Morgan fingerprint density at radius 1 is 1.17 bits per heavy atom. The number of carbonyl (C=O) groups is 1. The number of benzene rings is 1. The highest BCUT2D eigenvalue weighted by atomic mass is 16.5. The second kappa shape index (κ2) is 11.1. The summed E-state index contributed by atoms with van der Waals surface area (Å²) < 4.78 is 11.9. The summed E-state index contributed by atoms with van der Waals surface area (Å²) in [7, 11) is 0. The predicted molar refractivity (Wildman–Crippen MR) is 122 cm³/mol. The summed E-state index contributed by atoms with van der Waals surface area (Å²) in [6.45, 7) is 11.3. The van der Waals surface area contributed by atoms with Crippen molar-refractivity contribution in [1.82, 2.24) is 4.90 Å². The molecule has 5 heteroatoms. The zero-order valence-corrected chi connectivity index (χ0v) is 19.1. The van der Waals surface area contributed by atoms with Gasteiger partial charge in [-0.1, -0.05) is 20.3 Å². The van der Waals surface area contributed by atoms with Gasteiger partial charge >= 0.3 is 0 Å². The molecular formula is C25H40N2O3. The Kier molecular flexibility index (Phi) is 8.58. The van der Waals surface area contributed by atoms with Crippen LogP contribution < -0.4 is 10.1 Å². The van der Waals surface area contributed by atoms with E-state index >= 15 is 0 Å². The number of likely N-dealkylation sites (tertiary alicyclic amines) is 1. The molecule has 3 rings (SSSR count). The molecular weight excluding hydrogens is 376 g/mol. The zero-order chi connectivity index (χ0) is 21.4. The Balaban J connectivity index is 1.45. The third-order valence-electron chi connectivity index (χ3n) is 6.53. The third kappa shape index (κ3) is 6.45. The maximum absolute atomic E-state index is 13.0. The number of ether oxygens (including phenoxy) is 2. The summed E-state index contributed by atoms with van der Waals surface area (Å²) in [6, 6.07) is 7.72. The molecule has 0 spiro atoms. The van der Waals surface area contributed by atoms with Gasteiger partial charge in [-0.05, 0) is 88.1 Å². The van der Waals surface area contributed by atoms with Crippen LogP contribution in [0.3, 0.4) is 0 Å². The molecule has 1 aliphatic carbocycles. The van der Waals surface area contributed by atoms with Crippen molar-refractivity contribution in [3.8, 4) is 5.75 Å². The molecule has 2 aliphatic rings. The monoisotopic (exact) mass is 416 g/mol. The summed E-state index contributed by atoms with van der Waals surface area (Å²) in [4.78, 5) is 15.6. The maximum atomic E-state index is 13.0. The quantitative estimate of drug-likeness (QED) is 0.568. The highest BCUT2D eigenvalue weighted by molar-refractivity contribution is 5.97. The smallest absolute Gasteiger partial charge is 0.256 e. The van der Waals surface area contributed by atoms with E-state index in [1.807, 2.05) is 31.2 Å². The molecule has 30 heavy (non-hydrogen) atoms. The first-order valence-electron chi connectivity index (χ1n) is 11.9. The standard InChI is InChI=1S/C25H40N2O3/c1-4-30-25(14-5-8-20(2)18-25)24(28)26-22-10-12-23(13-11-22)29-17-7-16-27-15-6-9-21(3)19-27/h10-13,20-21H,4-9,14-19H2,1-3H3,(H,26,28)/t20-,21-,25-/m1/s1. The number of anilines is 1. The van der Waals surface area contributed by atoms with Crippen LogP contribution in [0, 0.1) is 11.8 Å². The van der Waals surface area contributed by atoms with Crippen LogP contribution in [-0.2, 0) is 9.53 Å². The molecule has 168 valence electrons. The van der Waals surface area contributed by atoms with Crippen molar-refractivity contribution in [3.63, 3.8) is 0 Å². The minimum atomic E-state index is -0.687. The molecule has 1 heterocycles. The lowest BCUT2D eigenvalue weighted by Crippen LogP contribution is -2.48.